The lowest BCUT2D eigenvalue weighted by atomic mass is 10.1. The fourth-order valence-corrected chi connectivity index (χ4v) is 2.39. The number of aliphatic hydroxyl groups is 1. The number of nitrogens with two attached hydrogens (primary N) is 1. The molecule has 3 rings (SSSR count). The third-order valence-electron chi connectivity index (χ3n) is 3.60. The smallest absolute Gasteiger partial charge is 0.255 e. The Labute approximate surface area is 157 Å². The number of rotatable bonds is 6. The molecule has 0 amide bonds. The molecule has 2 aromatic heterocycles. The van der Waals surface area contributed by atoms with Gasteiger partial charge in [0.15, 0.2) is 5.82 Å². The zero-order chi connectivity index (χ0) is 18.7. The van der Waals surface area contributed by atoms with E-state index >= 15 is 0 Å². The molecule has 0 radical (unpaired) electrons. The summed E-state index contributed by atoms with van der Waals surface area (Å²) in [5, 5.41) is 13.3. The van der Waals surface area contributed by atoms with Crippen LogP contribution in [0.1, 0.15) is 12.8 Å². The molecule has 0 aliphatic carbocycles. The van der Waals surface area contributed by atoms with Crippen molar-refractivity contribution in [1.82, 2.24) is 15.1 Å². The standard InChI is InChI=1S/C17H16BrFN4O3/c1-9(24)14(20)7-15-22-16(23-26-15)10-2-4-12(5-3-10)25-17-13(19)6-11(18)8-21-17/h2-6,8-9,14,24H,7,20H2,1H3/t9?,14-/m0/s1. The van der Waals surface area contributed by atoms with Gasteiger partial charge >= 0.3 is 0 Å². The highest BCUT2D eigenvalue weighted by Gasteiger charge is 2.16. The second kappa shape index (κ2) is 7.90. The Morgan fingerprint density at radius 3 is 2.73 bits per heavy atom. The van der Waals surface area contributed by atoms with Crippen LogP contribution in [0.3, 0.4) is 0 Å². The first kappa shape index (κ1) is 18.4. The molecule has 0 aliphatic heterocycles. The SMILES string of the molecule is CC(O)[C@@H](N)Cc1nc(-c2ccc(Oc3ncc(Br)cc3F)cc2)no1. The van der Waals surface area contributed by atoms with Crippen molar-refractivity contribution in [1.29, 1.82) is 0 Å². The Bertz CT molecular complexity index is 886. The van der Waals surface area contributed by atoms with Crippen molar-refractivity contribution >= 4 is 15.9 Å². The van der Waals surface area contributed by atoms with E-state index < -0.39 is 18.0 Å². The Balaban J connectivity index is 1.70. The van der Waals surface area contributed by atoms with E-state index in [1.165, 1.54) is 12.3 Å². The number of hydrogen-bond donors (Lipinski definition) is 2. The van der Waals surface area contributed by atoms with Crippen LogP contribution in [0, 0.1) is 5.82 Å². The topological polar surface area (TPSA) is 107 Å². The highest BCUT2D eigenvalue weighted by atomic mass is 79.9. The van der Waals surface area contributed by atoms with Gasteiger partial charge in [-0.1, -0.05) is 5.16 Å². The molecule has 9 heteroatoms. The third-order valence-corrected chi connectivity index (χ3v) is 4.03. The zero-order valence-electron chi connectivity index (χ0n) is 13.8. The molecular weight excluding hydrogens is 407 g/mol. The average Bonchev–Trinajstić information content (AvgIpc) is 3.06. The summed E-state index contributed by atoms with van der Waals surface area (Å²) < 4.78 is 24.9. The Morgan fingerprint density at radius 2 is 2.08 bits per heavy atom. The number of pyridine rings is 1. The van der Waals surface area contributed by atoms with Crippen LogP contribution in [-0.4, -0.2) is 32.4 Å². The third kappa shape index (κ3) is 4.43. The highest BCUT2D eigenvalue weighted by Crippen LogP contribution is 2.26. The van der Waals surface area contributed by atoms with E-state index in [0.29, 0.717) is 27.5 Å². The Kier molecular flexibility index (Phi) is 5.60. The van der Waals surface area contributed by atoms with Crippen molar-refractivity contribution in [2.75, 3.05) is 0 Å². The van der Waals surface area contributed by atoms with Crippen LogP contribution in [0.15, 0.2) is 45.5 Å². The van der Waals surface area contributed by atoms with E-state index in [-0.39, 0.29) is 12.3 Å². The maximum Gasteiger partial charge on any atom is 0.255 e. The minimum absolute atomic E-state index is 0.116. The largest absolute Gasteiger partial charge is 0.436 e. The molecule has 136 valence electrons. The first-order valence-electron chi connectivity index (χ1n) is 7.78. The number of nitrogens with zero attached hydrogens (tertiary/aromatic N) is 3. The van der Waals surface area contributed by atoms with Gasteiger partial charge in [0.1, 0.15) is 5.75 Å². The van der Waals surface area contributed by atoms with E-state index in [9.17, 15) is 9.50 Å². The molecule has 3 aromatic rings. The van der Waals surface area contributed by atoms with Crippen LogP contribution in [0.25, 0.3) is 11.4 Å². The summed E-state index contributed by atoms with van der Waals surface area (Å²) >= 11 is 3.14. The van der Waals surface area contributed by atoms with Gasteiger partial charge in [-0.15, -0.1) is 0 Å². The lowest BCUT2D eigenvalue weighted by Crippen LogP contribution is -2.34. The molecule has 2 atom stereocenters. The van der Waals surface area contributed by atoms with E-state index in [4.69, 9.17) is 15.0 Å². The summed E-state index contributed by atoms with van der Waals surface area (Å²) in [6, 6.07) is 7.53. The van der Waals surface area contributed by atoms with E-state index in [2.05, 4.69) is 31.1 Å². The summed E-state index contributed by atoms with van der Waals surface area (Å²) in [5.41, 5.74) is 6.47. The average molecular weight is 423 g/mol. The quantitative estimate of drug-likeness (QED) is 0.628. The second-order valence-electron chi connectivity index (χ2n) is 5.69. The number of benzene rings is 1. The van der Waals surface area contributed by atoms with Crippen LogP contribution in [0.2, 0.25) is 0 Å². The molecule has 1 aromatic carbocycles. The predicted molar refractivity (Wildman–Crippen MR) is 95.1 cm³/mol. The van der Waals surface area contributed by atoms with Gasteiger partial charge in [-0.3, -0.25) is 0 Å². The molecule has 0 spiro atoms. The summed E-state index contributed by atoms with van der Waals surface area (Å²) in [7, 11) is 0. The van der Waals surface area contributed by atoms with Crippen molar-refractivity contribution in [3.63, 3.8) is 0 Å². The van der Waals surface area contributed by atoms with Gasteiger partial charge in [-0.2, -0.15) is 4.98 Å². The molecule has 0 saturated heterocycles. The second-order valence-corrected chi connectivity index (χ2v) is 6.60. The molecular formula is C17H16BrFN4O3. The van der Waals surface area contributed by atoms with Crippen molar-refractivity contribution in [3.05, 3.63) is 52.7 Å². The molecule has 2 heterocycles. The maximum atomic E-state index is 13.8. The normalized spacial score (nSPS) is 13.4. The van der Waals surface area contributed by atoms with E-state index in [1.807, 2.05) is 0 Å². The van der Waals surface area contributed by atoms with Gasteiger partial charge in [0, 0.05) is 28.7 Å². The number of aliphatic hydroxyl groups excluding tert-OH is 1. The van der Waals surface area contributed by atoms with E-state index in [1.54, 1.807) is 31.2 Å². The number of hydrogen-bond acceptors (Lipinski definition) is 7. The fourth-order valence-electron chi connectivity index (χ4n) is 2.09. The number of halogens is 2. The minimum atomic E-state index is -0.672. The van der Waals surface area contributed by atoms with Gasteiger partial charge in [-0.25, -0.2) is 9.37 Å². The minimum Gasteiger partial charge on any atom is -0.436 e. The van der Waals surface area contributed by atoms with Crippen molar-refractivity contribution in [3.8, 4) is 23.0 Å². The van der Waals surface area contributed by atoms with Gasteiger partial charge in [0.05, 0.1) is 6.10 Å². The predicted octanol–water partition coefficient (Wildman–Crippen LogP) is 3.08. The first-order chi connectivity index (χ1) is 12.4. The zero-order valence-corrected chi connectivity index (χ0v) is 15.4. The summed E-state index contributed by atoms with van der Waals surface area (Å²) in [5.74, 6) is 0.463. The molecule has 3 N–H and O–H groups in total. The number of ether oxygens (including phenoxy) is 1. The lowest BCUT2D eigenvalue weighted by molar-refractivity contribution is 0.158. The van der Waals surface area contributed by atoms with Crippen molar-refractivity contribution in [2.45, 2.75) is 25.5 Å². The van der Waals surface area contributed by atoms with Crippen molar-refractivity contribution < 1.29 is 18.8 Å². The molecule has 0 fully saturated rings. The summed E-state index contributed by atoms with van der Waals surface area (Å²) in [6.45, 7) is 1.60. The monoisotopic (exact) mass is 422 g/mol. The van der Waals surface area contributed by atoms with Crippen LogP contribution in [0.5, 0.6) is 11.6 Å². The van der Waals surface area contributed by atoms with Gasteiger partial charge in [0.25, 0.3) is 5.88 Å². The van der Waals surface area contributed by atoms with Gasteiger partial charge in [-0.05, 0) is 53.2 Å². The molecule has 0 bridgehead atoms. The molecule has 7 nitrogen and oxygen atoms in total. The molecule has 0 aliphatic rings. The van der Waals surface area contributed by atoms with Crippen molar-refractivity contribution in [2.24, 2.45) is 5.73 Å². The van der Waals surface area contributed by atoms with Crippen LogP contribution < -0.4 is 10.5 Å². The Hall–Kier alpha value is -2.36. The van der Waals surface area contributed by atoms with E-state index in [0.717, 1.165) is 0 Å². The Morgan fingerprint density at radius 1 is 1.35 bits per heavy atom. The summed E-state index contributed by atoms with van der Waals surface area (Å²) in [6.07, 6.45) is 1.06. The highest BCUT2D eigenvalue weighted by molar-refractivity contribution is 9.10. The van der Waals surface area contributed by atoms with Gasteiger partial charge in [0.2, 0.25) is 11.7 Å². The van der Waals surface area contributed by atoms with Crippen LogP contribution >= 0.6 is 15.9 Å². The fraction of sp³-hybridized carbons (Fsp3) is 0.235. The lowest BCUT2D eigenvalue weighted by Gasteiger charge is -2.10. The van der Waals surface area contributed by atoms with Crippen LogP contribution in [0.4, 0.5) is 4.39 Å². The first-order valence-corrected chi connectivity index (χ1v) is 8.57. The molecule has 0 saturated carbocycles. The van der Waals surface area contributed by atoms with Crippen LogP contribution in [-0.2, 0) is 6.42 Å². The number of aromatic nitrogens is 3. The van der Waals surface area contributed by atoms with Gasteiger partial charge < -0.3 is 20.1 Å². The summed E-state index contributed by atoms with van der Waals surface area (Å²) in [4.78, 5) is 8.14. The molecule has 1 unspecified atom stereocenters. The maximum absolute atomic E-state index is 13.8. The molecule has 26 heavy (non-hydrogen) atoms.